The van der Waals surface area contributed by atoms with Crippen molar-refractivity contribution in [1.29, 1.82) is 0 Å². The van der Waals surface area contributed by atoms with E-state index in [1.807, 2.05) is 14.1 Å². The van der Waals surface area contributed by atoms with Crippen molar-refractivity contribution in [2.24, 2.45) is 0 Å². The van der Waals surface area contributed by atoms with Gasteiger partial charge in [0.15, 0.2) is 0 Å². The molecule has 0 saturated carbocycles. The lowest BCUT2D eigenvalue weighted by atomic mass is 10.2. The second-order valence-electron chi connectivity index (χ2n) is 3.23. The van der Waals surface area contributed by atoms with Gasteiger partial charge in [-0.1, -0.05) is 39.5 Å². The fraction of sp³-hybridized carbons (Fsp3) is 1.00. The van der Waals surface area contributed by atoms with Crippen molar-refractivity contribution in [1.82, 2.24) is 4.90 Å². The highest BCUT2D eigenvalue weighted by Gasteiger charge is 1.80. The predicted molar refractivity (Wildman–Crippen MR) is 62.2 cm³/mol. The molecule has 76 valence electrons. The zero-order valence-electron chi connectivity index (χ0n) is 9.14. The number of hydrogen-bond donors (Lipinski definition) is 1. The lowest BCUT2D eigenvalue weighted by Crippen LogP contribution is -2.13. The Hall–Kier alpha value is 0.310. The van der Waals surface area contributed by atoms with E-state index in [0.29, 0.717) is 0 Å². The van der Waals surface area contributed by atoms with Crippen molar-refractivity contribution in [3.8, 4) is 0 Å². The molecule has 0 rings (SSSR count). The third-order valence-electron chi connectivity index (χ3n) is 1.50. The van der Waals surface area contributed by atoms with Crippen LogP contribution < -0.4 is 0 Å². The van der Waals surface area contributed by atoms with Crippen molar-refractivity contribution >= 4 is 12.6 Å². The second-order valence-corrected chi connectivity index (χ2v) is 3.68. The summed E-state index contributed by atoms with van der Waals surface area (Å²) >= 11 is 4.02. The Balaban J connectivity index is 0. The van der Waals surface area contributed by atoms with Crippen LogP contribution in [0.3, 0.4) is 0 Å². The van der Waals surface area contributed by atoms with Gasteiger partial charge in [0.1, 0.15) is 0 Å². The largest absolute Gasteiger partial charge is 0.309 e. The first kappa shape index (κ1) is 14.8. The Morgan fingerprint density at radius 2 is 1.42 bits per heavy atom. The van der Waals surface area contributed by atoms with Gasteiger partial charge in [-0.2, -0.15) is 12.6 Å². The van der Waals surface area contributed by atoms with Crippen molar-refractivity contribution < 1.29 is 0 Å². The van der Waals surface area contributed by atoms with E-state index in [0.717, 1.165) is 12.3 Å². The van der Waals surface area contributed by atoms with Gasteiger partial charge in [-0.05, 0) is 14.1 Å². The molecule has 0 aromatic rings. The summed E-state index contributed by atoms with van der Waals surface area (Å²) < 4.78 is 0. The van der Waals surface area contributed by atoms with Crippen LogP contribution in [-0.2, 0) is 0 Å². The highest BCUT2D eigenvalue weighted by Crippen LogP contribution is 1.95. The van der Waals surface area contributed by atoms with Crippen LogP contribution in [0, 0.1) is 0 Å². The molecule has 0 heterocycles. The normalized spacial score (nSPS) is 9.50. The van der Waals surface area contributed by atoms with Crippen molar-refractivity contribution in [3.05, 3.63) is 0 Å². The molecule has 0 fully saturated rings. The molecule has 0 aromatic heterocycles. The molecule has 0 aliphatic heterocycles. The molecule has 0 saturated heterocycles. The maximum absolute atomic E-state index is 4.02. The molecule has 0 aliphatic carbocycles. The second kappa shape index (κ2) is 13.9. The van der Waals surface area contributed by atoms with Crippen LogP contribution in [0.25, 0.3) is 0 Å². The zero-order valence-corrected chi connectivity index (χ0v) is 10.0. The van der Waals surface area contributed by atoms with Gasteiger partial charge in [-0.25, -0.2) is 0 Å². The first-order chi connectivity index (χ1) is 5.68. The van der Waals surface area contributed by atoms with Gasteiger partial charge in [0.2, 0.25) is 0 Å². The molecule has 0 atom stereocenters. The number of rotatable bonds is 5. The van der Waals surface area contributed by atoms with Crippen molar-refractivity contribution in [3.63, 3.8) is 0 Å². The molecular formula is C10H25NS. The van der Waals surface area contributed by atoms with E-state index in [9.17, 15) is 0 Å². The number of nitrogens with zero attached hydrogens (tertiary/aromatic N) is 1. The molecule has 12 heavy (non-hydrogen) atoms. The highest BCUT2D eigenvalue weighted by molar-refractivity contribution is 7.80. The SMILES string of the molecule is CCCCCC.CN(C)CCS. The van der Waals surface area contributed by atoms with Crippen LogP contribution in [0.1, 0.15) is 39.5 Å². The summed E-state index contributed by atoms with van der Waals surface area (Å²) in [4.78, 5) is 2.10. The monoisotopic (exact) mass is 191 g/mol. The van der Waals surface area contributed by atoms with Crippen LogP contribution in [0.4, 0.5) is 0 Å². The van der Waals surface area contributed by atoms with Gasteiger partial charge in [0, 0.05) is 12.3 Å². The van der Waals surface area contributed by atoms with E-state index in [2.05, 4.69) is 31.4 Å². The smallest absolute Gasteiger partial charge is 0.00637 e. The minimum atomic E-state index is 0.951. The van der Waals surface area contributed by atoms with Crippen molar-refractivity contribution in [2.75, 3.05) is 26.4 Å². The van der Waals surface area contributed by atoms with Gasteiger partial charge >= 0.3 is 0 Å². The van der Waals surface area contributed by atoms with Crippen LogP contribution in [0.15, 0.2) is 0 Å². The maximum atomic E-state index is 4.02. The van der Waals surface area contributed by atoms with E-state index in [1.165, 1.54) is 25.7 Å². The molecule has 2 heteroatoms. The lowest BCUT2D eigenvalue weighted by Gasteiger charge is -2.03. The lowest BCUT2D eigenvalue weighted by molar-refractivity contribution is 0.438. The Labute approximate surface area is 83.9 Å². The minimum Gasteiger partial charge on any atom is -0.309 e. The standard InChI is InChI=1S/C6H14.C4H11NS/c1-3-5-6-4-2;1-5(2)3-4-6/h3-6H2,1-2H3;6H,3-4H2,1-2H3. The van der Waals surface area contributed by atoms with E-state index >= 15 is 0 Å². The van der Waals surface area contributed by atoms with Crippen LogP contribution in [0.2, 0.25) is 0 Å². The average Bonchev–Trinajstić information content (AvgIpc) is 2.02. The highest BCUT2D eigenvalue weighted by atomic mass is 32.1. The van der Waals surface area contributed by atoms with Gasteiger partial charge in [-0.3, -0.25) is 0 Å². The number of hydrogen-bond acceptors (Lipinski definition) is 2. The number of unbranched alkanes of at least 4 members (excludes halogenated alkanes) is 3. The molecule has 0 N–H and O–H groups in total. The Morgan fingerprint density at radius 1 is 1.00 bits per heavy atom. The average molecular weight is 191 g/mol. The molecule has 0 amide bonds. The summed E-state index contributed by atoms with van der Waals surface area (Å²) in [7, 11) is 4.08. The Kier molecular flexibility index (Phi) is 17.1. The Bertz CT molecular complexity index is 60.9. The molecular weight excluding hydrogens is 166 g/mol. The summed E-state index contributed by atoms with van der Waals surface area (Å²) in [6.45, 7) is 5.54. The van der Waals surface area contributed by atoms with E-state index in [4.69, 9.17) is 0 Å². The van der Waals surface area contributed by atoms with Crippen LogP contribution in [0.5, 0.6) is 0 Å². The molecule has 0 spiro atoms. The third-order valence-corrected chi connectivity index (χ3v) is 1.70. The topological polar surface area (TPSA) is 3.24 Å². The van der Waals surface area contributed by atoms with E-state index < -0.39 is 0 Å². The number of thiol groups is 1. The first-order valence-electron chi connectivity index (χ1n) is 4.94. The summed E-state index contributed by atoms with van der Waals surface area (Å²) in [5.74, 6) is 0.951. The van der Waals surface area contributed by atoms with E-state index in [-0.39, 0.29) is 0 Å². The minimum absolute atomic E-state index is 0.951. The molecule has 0 unspecified atom stereocenters. The summed E-state index contributed by atoms with van der Waals surface area (Å²) in [6.07, 6.45) is 5.54. The van der Waals surface area contributed by atoms with Crippen LogP contribution in [-0.4, -0.2) is 31.3 Å². The molecule has 0 bridgehead atoms. The molecule has 0 aromatic carbocycles. The molecule has 0 radical (unpaired) electrons. The maximum Gasteiger partial charge on any atom is 0.00637 e. The van der Waals surface area contributed by atoms with Gasteiger partial charge in [-0.15, -0.1) is 0 Å². The third kappa shape index (κ3) is 22.4. The van der Waals surface area contributed by atoms with Gasteiger partial charge < -0.3 is 4.90 Å². The zero-order chi connectivity index (χ0) is 9.82. The fourth-order valence-corrected chi connectivity index (χ4v) is 1.10. The van der Waals surface area contributed by atoms with Gasteiger partial charge in [0.05, 0.1) is 0 Å². The summed E-state index contributed by atoms with van der Waals surface area (Å²) in [5, 5.41) is 0. The van der Waals surface area contributed by atoms with Crippen molar-refractivity contribution in [2.45, 2.75) is 39.5 Å². The molecule has 1 nitrogen and oxygen atoms in total. The predicted octanol–water partition coefficient (Wildman–Crippen LogP) is 3.06. The fourth-order valence-electron chi connectivity index (χ4n) is 0.700. The van der Waals surface area contributed by atoms with Gasteiger partial charge in [0.25, 0.3) is 0 Å². The quantitative estimate of drug-likeness (QED) is 0.516. The van der Waals surface area contributed by atoms with Crippen LogP contribution >= 0.6 is 12.6 Å². The first-order valence-corrected chi connectivity index (χ1v) is 5.57. The van der Waals surface area contributed by atoms with E-state index in [1.54, 1.807) is 0 Å². The summed E-state index contributed by atoms with van der Waals surface area (Å²) in [5.41, 5.74) is 0. The Morgan fingerprint density at radius 3 is 1.50 bits per heavy atom. The molecule has 0 aliphatic rings. The summed E-state index contributed by atoms with van der Waals surface area (Å²) in [6, 6.07) is 0.